The maximum atomic E-state index is 2.37. The van der Waals surface area contributed by atoms with E-state index in [0.717, 1.165) is 0 Å². The van der Waals surface area contributed by atoms with Gasteiger partial charge in [0.25, 0.3) is 0 Å². The highest BCUT2D eigenvalue weighted by atomic mass is 15.0. The van der Waals surface area contributed by atoms with Crippen LogP contribution in [0.25, 0.3) is 27.5 Å². The molecule has 0 aliphatic heterocycles. The summed E-state index contributed by atoms with van der Waals surface area (Å²) in [6, 6.07) is 22.2. The van der Waals surface area contributed by atoms with Crippen LogP contribution >= 0.6 is 0 Å². The molecule has 1 aromatic heterocycles. The molecule has 0 saturated heterocycles. The summed E-state index contributed by atoms with van der Waals surface area (Å²) >= 11 is 0. The third-order valence-corrected chi connectivity index (χ3v) is 4.34. The van der Waals surface area contributed by atoms with Gasteiger partial charge in [-0.1, -0.05) is 35.4 Å². The van der Waals surface area contributed by atoms with E-state index in [2.05, 4.69) is 86.0 Å². The first-order valence-electron chi connectivity index (χ1n) is 7.72. The summed E-state index contributed by atoms with van der Waals surface area (Å²) in [5.41, 5.74) is 7.67. The lowest BCUT2D eigenvalue weighted by atomic mass is 10.1. The summed E-state index contributed by atoms with van der Waals surface area (Å²) in [5, 5.41) is 2.67. The average Bonchev–Trinajstić information content (AvgIpc) is 2.80. The van der Waals surface area contributed by atoms with Crippen molar-refractivity contribution in [2.45, 2.75) is 20.8 Å². The van der Waals surface area contributed by atoms with E-state index in [1.54, 1.807) is 0 Å². The third-order valence-electron chi connectivity index (χ3n) is 4.34. The Kier molecular flexibility index (Phi) is 2.83. The Bertz CT molecular complexity index is 946. The number of aromatic nitrogens is 1. The molecule has 0 unspecified atom stereocenters. The van der Waals surface area contributed by atoms with E-state index in [-0.39, 0.29) is 0 Å². The van der Waals surface area contributed by atoms with Crippen LogP contribution in [0.2, 0.25) is 0 Å². The van der Waals surface area contributed by atoms with Gasteiger partial charge in [0.2, 0.25) is 0 Å². The van der Waals surface area contributed by atoms with Crippen LogP contribution < -0.4 is 0 Å². The zero-order chi connectivity index (χ0) is 15.3. The Balaban J connectivity index is 2.20. The predicted molar refractivity (Wildman–Crippen MR) is 95.0 cm³/mol. The number of fused-ring (bicyclic) bond motifs is 3. The lowest BCUT2D eigenvalue weighted by molar-refractivity contribution is 1.17. The van der Waals surface area contributed by atoms with Crippen molar-refractivity contribution in [3.05, 3.63) is 77.4 Å². The van der Waals surface area contributed by atoms with Gasteiger partial charge < -0.3 is 4.57 Å². The molecule has 0 fully saturated rings. The first-order chi connectivity index (χ1) is 10.6. The van der Waals surface area contributed by atoms with Crippen LogP contribution in [0.1, 0.15) is 16.7 Å². The van der Waals surface area contributed by atoms with Gasteiger partial charge in [0.05, 0.1) is 11.0 Å². The fourth-order valence-corrected chi connectivity index (χ4v) is 3.30. The summed E-state index contributed by atoms with van der Waals surface area (Å²) in [4.78, 5) is 0. The largest absolute Gasteiger partial charge is 0.309 e. The van der Waals surface area contributed by atoms with Gasteiger partial charge in [-0.05, 0) is 62.7 Å². The number of aryl methyl sites for hydroxylation is 3. The summed E-state index contributed by atoms with van der Waals surface area (Å²) in [7, 11) is 0. The minimum Gasteiger partial charge on any atom is -0.309 e. The quantitative estimate of drug-likeness (QED) is 0.422. The van der Waals surface area contributed by atoms with Crippen LogP contribution in [0.15, 0.2) is 60.7 Å². The van der Waals surface area contributed by atoms with E-state index in [0.29, 0.717) is 0 Å². The number of rotatable bonds is 1. The molecule has 0 radical (unpaired) electrons. The monoisotopic (exact) mass is 285 g/mol. The van der Waals surface area contributed by atoms with E-state index >= 15 is 0 Å². The molecular formula is C21H19N. The molecule has 0 amide bonds. The molecule has 1 heteroatoms. The SMILES string of the molecule is Cc1cccc(-n2c3ccc(C)cc3c3cc(C)ccc32)c1. The van der Waals surface area contributed by atoms with Crippen molar-refractivity contribution in [3.63, 3.8) is 0 Å². The highest BCUT2D eigenvalue weighted by molar-refractivity contribution is 6.09. The molecule has 22 heavy (non-hydrogen) atoms. The van der Waals surface area contributed by atoms with Gasteiger partial charge >= 0.3 is 0 Å². The Labute approximate surface area is 130 Å². The van der Waals surface area contributed by atoms with Crippen molar-refractivity contribution in [3.8, 4) is 5.69 Å². The van der Waals surface area contributed by atoms with Crippen molar-refractivity contribution in [2.75, 3.05) is 0 Å². The van der Waals surface area contributed by atoms with Gasteiger partial charge in [-0.25, -0.2) is 0 Å². The van der Waals surface area contributed by atoms with E-state index in [4.69, 9.17) is 0 Å². The van der Waals surface area contributed by atoms with Gasteiger partial charge in [0, 0.05) is 16.5 Å². The zero-order valence-electron chi connectivity index (χ0n) is 13.2. The number of hydrogen-bond donors (Lipinski definition) is 0. The Morgan fingerprint density at radius 2 is 1.14 bits per heavy atom. The van der Waals surface area contributed by atoms with Crippen LogP contribution in [-0.4, -0.2) is 4.57 Å². The second kappa shape index (κ2) is 4.74. The van der Waals surface area contributed by atoms with Gasteiger partial charge in [0.1, 0.15) is 0 Å². The molecule has 108 valence electrons. The Hall–Kier alpha value is -2.54. The second-order valence-corrected chi connectivity index (χ2v) is 6.22. The fourth-order valence-electron chi connectivity index (χ4n) is 3.30. The minimum atomic E-state index is 1.23. The predicted octanol–water partition coefficient (Wildman–Crippen LogP) is 5.71. The highest BCUT2D eigenvalue weighted by Crippen LogP contribution is 2.33. The molecule has 0 bridgehead atoms. The second-order valence-electron chi connectivity index (χ2n) is 6.22. The molecule has 3 aromatic carbocycles. The van der Waals surface area contributed by atoms with Crippen molar-refractivity contribution < 1.29 is 0 Å². The fraction of sp³-hybridized carbons (Fsp3) is 0.143. The lowest BCUT2D eigenvalue weighted by Crippen LogP contribution is -1.94. The zero-order valence-corrected chi connectivity index (χ0v) is 13.2. The molecule has 1 heterocycles. The maximum Gasteiger partial charge on any atom is 0.0541 e. The van der Waals surface area contributed by atoms with Crippen molar-refractivity contribution in [1.29, 1.82) is 0 Å². The van der Waals surface area contributed by atoms with Crippen LogP contribution in [0.4, 0.5) is 0 Å². The van der Waals surface area contributed by atoms with E-state index in [1.807, 2.05) is 0 Å². The average molecular weight is 285 g/mol. The Morgan fingerprint density at radius 1 is 0.591 bits per heavy atom. The molecule has 0 aliphatic rings. The normalized spacial score (nSPS) is 11.4. The third kappa shape index (κ3) is 1.93. The van der Waals surface area contributed by atoms with E-state index in [1.165, 1.54) is 44.2 Å². The molecule has 4 rings (SSSR count). The van der Waals surface area contributed by atoms with Crippen LogP contribution in [-0.2, 0) is 0 Å². The summed E-state index contributed by atoms with van der Waals surface area (Å²) in [6.07, 6.45) is 0. The highest BCUT2D eigenvalue weighted by Gasteiger charge is 2.12. The molecule has 0 N–H and O–H groups in total. The summed E-state index contributed by atoms with van der Waals surface area (Å²) in [5.74, 6) is 0. The van der Waals surface area contributed by atoms with Gasteiger partial charge in [0.15, 0.2) is 0 Å². The van der Waals surface area contributed by atoms with Gasteiger partial charge in [-0.3, -0.25) is 0 Å². The number of hydrogen-bond acceptors (Lipinski definition) is 0. The number of nitrogens with zero attached hydrogens (tertiary/aromatic N) is 1. The minimum absolute atomic E-state index is 1.23. The van der Waals surface area contributed by atoms with Crippen molar-refractivity contribution >= 4 is 21.8 Å². The molecule has 0 atom stereocenters. The topological polar surface area (TPSA) is 4.93 Å². The van der Waals surface area contributed by atoms with Crippen LogP contribution in [0.3, 0.4) is 0 Å². The molecule has 0 aliphatic carbocycles. The first kappa shape index (κ1) is 13.1. The van der Waals surface area contributed by atoms with Crippen molar-refractivity contribution in [1.82, 2.24) is 4.57 Å². The molecule has 1 nitrogen and oxygen atoms in total. The Morgan fingerprint density at radius 3 is 1.68 bits per heavy atom. The maximum absolute atomic E-state index is 2.37. The van der Waals surface area contributed by atoms with Crippen LogP contribution in [0, 0.1) is 20.8 Å². The molecule has 0 spiro atoms. The lowest BCUT2D eigenvalue weighted by Gasteiger charge is -2.08. The standard InChI is InChI=1S/C21H19N/c1-14-5-4-6-17(11-14)22-20-9-7-15(2)12-18(20)19-13-16(3)8-10-21(19)22/h4-13H,1-3H3. The van der Waals surface area contributed by atoms with Gasteiger partial charge in [-0.2, -0.15) is 0 Å². The van der Waals surface area contributed by atoms with Crippen LogP contribution in [0.5, 0.6) is 0 Å². The van der Waals surface area contributed by atoms with E-state index < -0.39 is 0 Å². The molecule has 4 aromatic rings. The molecule has 0 saturated carbocycles. The number of benzene rings is 3. The summed E-state index contributed by atoms with van der Waals surface area (Å²) < 4.78 is 2.37. The van der Waals surface area contributed by atoms with Crippen molar-refractivity contribution in [2.24, 2.45) is 0 Å². The van der Waals surface area contributed by atoms with E-state index in [9.17, 15) is 0 Å². The first-order valence-corrected chi connectivity index (χ1v) is 7.72. The van der Waals surface area contributed by atoms with Gasteiger partial charge in [-0.15, -0.1) is 0 Å². The summed E-state index contributed by atoms with van der Waals surface area (Å²) in [6.45, 7) is 6.46. The smallest absolute Gasteiger partial charge is 0.0541 e. The molecular weight excluding hydrogens is 266 g/mol.